The smallest absolute Gasteiger partial charge is 0.274 e. The van der Waals surface area contributed by atoms with Crippen molar-refractivity contribution in [1.29, 1.82) is 0 Å². The molecule has 4 N–H and O–H groups in total. The Morgan fingerprint density at radius 3 is 1.36 bits per heavy atom. The summed E-state index contributed by atoms with van der Waals surface area (Å²) >= 11 is 0. The van der Waals surface area contributed by atoms with Crippen molar-refractivity contribution >= 4 is 35.8 Å². The van der Waals surface area contributed by atoms with Gasteiger partial charge in [-0.2, -0.15) is 0 Å². The van der Waals surface area contributed by atoms with Gasteiger partial charge in [0.1, 0.15) is 11.4 Å². The molecule has 4 amide bonds. The number of amides is 4. The molecule has 2 saturated heterocycles. The highest BCUT2D eigenvalue weighted by Crippen LogP contribution is 2.50. The average molecular weight is 899 g/mol. The fourth-order valence-corrected chi connectivity index (χ4v) is 10.8. The van der Waals surface area contributed by atoms with Crippen LogP contribution < -0.4 is 21.8 Å². The Balaban J connectivity index is 0.000000166. The third kappa shape index (κ3) is 7.74. The molecule has 0 spiro atoms. The van der Waals surface area contributed by atoms with Crippen LogP contribution in [0.1, 0.15) is 108 Å². The predicted molar refractivity (Wildman–Crippen MR) is 240 cm³/mol. The van der Waals surface area contributed by atoms with Crippen molar-refractivity contribution in [3.05, 3.63) is 128 Å². The van der Waals surface area contributed by atoms with E-state index in [0.29, 0.717) is 22.5 Å². The fourth-order valence-electron chi connectivity index (χ4n) is 10.8. The zero-order chi connectivity index (χ0) is 46.2. The number of nitrogens with one attached hydrogen (secondary N) is 2. The number of aromatic nitrogens is 6. The SMILES string of the molecule is C/C=C/c1ccc2n(c1=O)C[C@H]1[C@H](CO)[C@@H](C(=O)NC3CCC3)[C@@H]2N1C(=O)c1cnccn1.C/C=C\c1ccc2n(c1=O)C[C@H]1[C@H](CO)[C@@H](C(=O)NC3CCC3)[C@@H]2N1C(=O)c1cnccn1. The molecule has 6 aliphatic rings. The van der Waals surface area contributed by atoms with Crippen molar-refractivity contribution in [2.75, 3.05) is 13.2 Å². The molecule has 18 nitrogen and oxygen atoms in total. The standard InChI is InChI=1S/2C24H27N5O4/c2*1-2-4-14-7-8-18-21-20(22(31)27-15-5-3-6-15)16(13-30)19(12-28(18)23(14)32)29(21)24(33)17-11-25-9-10-26-17/h2*2,4,7-11,15-16,19-21,30H,3,5-6,12-13H2,1H3,(H,27,31)/b4-2+;4-2-/t2*16-,19-,20+,21+/m00/s1. The highest BCUT2D eigenvalue weighted by atomic mass is 16.3. The molecule has 4 bridgehead atoms. The Morgan fingerprint density at radius 2 is 1.05 bits per heavy atom. The van der Waals surface area contributed by atoms with Crippen LogP contribution in [0.15, 0.2) is 83.2 Å². The van der Waals surface area contributed by atoms with Gasteiger partial charge in [0.2, 0.25) is 11.8 Å². The molecule has 4 aromatic heterocycles. The van der Waals surface area contributed by atoms with Crippen molar-refractivity contribution in [1.82, 2.24) is 49.5 Å². The second-order valence-corrected chi connectivity index (χ2v) is 17.9. The molecule has 344 valence electrons. The van der Waals surface area contributed by atoms with Crippen LogP contribution in [-0.4, -0.2) is 110 Å². The second-order valence-electron chi connectivity index (χ2n) is 17.9. The van der Waals surface area contributed by atoms with Gasteiger partial charge in [-0.15, -0.1) is 0 Å². The highest BCUT2D eigenvalue weighted by molar-refractivity contribution is 5.95. The van der Waals surface area contributed by atoms with E-state index in [1.54, 1.807) is 55.4 Å². The summed E-state index contributed by atoms with van der Waals surface area (Å²) in [5, 5.41) is 26.9. The largest absolute Gasteiger partial charge is 0.396 e. The summed E-state index contributed by atoms with van der Waals surface area (Å²) in [6, 6.07) is 4.96. The zero-order valence-corrected chi connectivity index (χ0v) is 36.8. The van der Waals surface area contributed by atoms with Gasteiger partial charge in [0.05, 0.1) is 48.4 Å². The molecular formula is C48H54N10O8. The molecule has 0 aromatic carbocycles. The Morgan fingerprint density at radius 1 is 0.636 bits per heavy atom. The number of hydrogen-bond acceptors (Lipinski definition) is 12. The Bertz CT molecular complexity index is 2500. The van der Waals surface area contributed by atoms with Gasteiger partial charge >= 0.3 is 0 Å². The van der Waals surface area contributed by atoms with Gasteiger partial charge in [-0.05, 0) is 76.6 Å². The van der Waals surface area contributed by atoms with Gasteiger partial charge in [-0.1, -0.05) is 24.3 Å². The number of allylic oxidation sites excluding steroid dienone is 2. The van der Waals surface area contributed by atoms with E-state index >= 15 is 0 Å². The van der Waals surface area contributed by atoms with E-state index in [2.05, 4.69) is 30.6 Å². The number of aliphatic hydroxyl groups is 2. The van der Waals surface area contributed by atoms with E-state index in [0.717, 1.165) is 38.5 Å². The summed E-state index contributed by atoms with van der Waals surface area (Å²) in [4.78, 5) is 100. The Labute approximate surface area is 380 Å². The molecule has 18 heteroatoms. The van der Waals surface area contributed by atoms with Crippen molar-refractivity contribution in [3.8, 4) is 0 Å². The fraction of sp³-hybridized carbons (Fsp3) is 0.458. The average Bonchev–Trinajstić information content (AvgIpc) is 3.70. The lowest BCUT2D eigenvalue weighted by atomic mass is 9.85. The van der Waals surface area contributed by atoms with E-state index < -0.39 is 47.8 Å². The van der Waals surface area contributed by atoms with E-state index in [1.807, 2.05) is 26.0 Å². The first-order chi connectivity index (χ1) is 32.1. The highest BCUT2D eigenvalue weighted by Gasteiger charge is 2.59. The zero-order valence-electron chi connectivity index (χ0n) is 36.8. The lowest BCUT2D eigenvalue weighted by Crippen LogP contribution is -2.49. The topological polar surface area (TPSA) is 235 Å². The van der Waals surface area contributed by atoms with Crippen molar-refractivity contribution in [2.45, 2.75) is 102 Å². The number of fused-ring (bicyclic) bond motifs is 8. The molecular weight excluding hydrogens is 845 g/mol. The first kappa shape index (κ1) is 44.5. The van der Waals surface area contributed by atoms with Crippen LogP contribution in [0.3, 0.4) is 0 Å². The summed E-state index contributed by atoms with van der Waals surface area (Å²) in [5.74, 6) is -3.40. The molecule has 0 unspecified atom stereocenters. The van der Waals surface area contributed by atoms with Gasteiger partial charge in [-0.3, -0.25) is 38.7 Å². The van der Waals surface area contributed by atoms with E-state index in [4.69, 9.17) is 0 Å². The number of carbonyl (C=O) groups is 4. The molecule has 4 aromatic rings. The molecule has 2 saturated carbocycles. The van der Waals surface area contributed by atoms with E-state index in [-0.39, 0.29) is 84.5 Å². The Kier molecular flexibility index (Phi) is 12.6. The quantitative estimate of drug-likeness (QED) is 0.180. The lowest BCUT2D eigenvalue weighted by molar-refractivity contribution is -0.129. The van der Waals surface area contributed by atoms with Crippen LogP contribution in [0.4, 0.5) is 0 Å². The molecule has 8 atom stereocenters. The minimum Gasteiger partial charge on any atom is -0.396 e. The van der Waals surface area contributed by atoms with Crippen molar-refractivity contribution in [3.63, 3.8) is 0 Å². The first-order valence-electron chi connectivity index (χ1n) is 22.8. The summed E-state index contributed by atoms with van der Waals surface area (Å²) in [7, 11) is 0. The first-order valence-corrected chi connectivity index (χ1v) is 22.8. The summed E-state index contributed by atoms with van der Waals surface area (Å²) in [6.45, 7) is 3.58. The minimum atomic E-state index is -0.678. The van der Waals surface area contributed by atoms with Gasteiger partial charge in [0.15, 0.2) is 0 Å². The summed E-state index contributed by atoms with van der Waals surface area (Å²) in [6.07, 6.45) is 21.7. The second kappa shape index (κ2) is 18.7. The molecule has 66 heavy (non-hydrogen) atoms. The van der Waals surface area contributed by atoms with Crippen LogP contribution in [-0.2, 0) is 22.7 Å². The molecule has 8 heterocycles. The van der Waals surface area contributed by atoms with Gasteiger partial charge in [0, 0.05) is 97.5 Å². The van der Waals surface area contributed by atoms with Crippen LogP contribution in [0.5, 0.6) is 0 Å². The predicted octanol–water partition coefficient (Wildman–Crippen LogP) is 2.29. The van der Waals surface area contributed by atoms with E-state index in [9.17, 15) is 39.0 Å². The molecule has 4 aliphatic heterocycles. The molecule has 2 aliphatic carbocycles. The minimum absolute atomic E-state index is 0.126. The number of hydrogen-bond donors (Lipinski definition) is 4. The van der Waals surface area contributed by atoms with Crippen molar-refractivity contribution in [2.24, 2.45) is 23.7 Å². The van der Waals surface area contributed by atoms with Gasteiger partial charge in [-0.25, -0.2) is 9.97 Å². The number of aliphatic hydroxyl groups excluding tert-OH is 2. The summed E-state index contributed by atoms with van der Waals surface area (Å²) in [5.41, 5.74) is 2.32. The third-order valence-corrected chi connectivity index (χ3v) is 14.4. The number of rotatable bonds is 10. The number of pyridine rings is 2. The third-order valence-electron chi connectivity index (χ3n) is 14.4. The monoisotopic (exact) mass is 898 g/mol. The number of nitrogens with zero attached hydrogens (tertiary/aromatic N) is 8. The van der Waals surface area contributed by atoms with Crippen LogP contribution in [0.25, 0.3) is 12.2 Å². The maximum Gasteiger partial charge on any atom is 0.274 e. The lowest BCUT2D eigenvalue weighted by Gasteiger charge is -2.38. The van der Waals surface area contributed by atoms with Gasteiger partial charge < -0.3 is 39.8 Å². The van der Waals surface area contributed by atoms with E-state index in [1.165, 1.54) is 37.2 Å². The summed E-state index contributed by atoms with van der Waals surface area (Å²) < 4.78 is 3.31. The van der Waals surface area contributed by atoms with Crippen LogP contribution in [0.2, 0.25) is 0 Å². The maximum atomic E-state index is 13.6. The number of carbonyl (C=O) groups excluding carboxylic acids is 4. The van der Waals surface area contributed by atoms with Crippen LogP contribution >= 0.6 is 0 Å². The van der Waals surface area contributed by atoms with Crippen LogP contribution in [0, 0.1) is 23.7 Å². The Hall–Kier alpha value is -6.66. The maximum absolute atomic E-state index is 13.6. The normalized spacial score (nSPS) is 26.2. The van der Waals surface area contributed by atoms with Crippen molar-refractivity contribution < 1.29 is 29.4 Å². The molecule has 10 rings (SSSR count). The van der Waals surface area contributed by atoms with Gasteiger partial charge in [0.25, 0.3) is 22.9 Å². The molecule has 0 radical (unpaired) electrons. The molecule has 4 fully saturated rings.